The number of ether oxygens (including phenoxy) is 4. The fourth-order valence-corrected chi connectivity index (χ4v) is 7.70. The van der Waals surface area contributed by atoms with Crippen LogP contribution in [-0.2, 0) is 24.4 Å². The summed E-state index contributed by atoms with van der Waals surface area (Å²) in [6.07, 6.45) is 1.02. The van der Waals surface area contributed by atoms with Crippen molar-refractivity contribution in [1.82, 2.24) is 14.5 Å². The van der Waals surface area contributed by atoms with Crippen LogP contribution in [0.4, 0.5) is 5.82 Å². The van der Waals surface area contributed by atoms with Gasteiger partial charge in [0.05, 0.1) is 25.7 Å². The van der Waals surface area contributed by atoms with Gasteiger partial charge in [0.1, 0.15) is 23.3 Å². The third-order valence-electron chi connectivity index (χ3n) is 9.41. The Bertz CT molecular complexity index is 1800. The van der Waals surface area contributed by atoms with Gasteiger partial charge in [0.2, 0.25) is 0 Å². The summed E-state index contributed by atoms with van der Waals surface area (Å²) in [5.41, 5.74) is 1.68. The van der Waals surface area contributed by atoms with Crippen molar-refractivity contribution in [2.24, 2.45) is 10.9 Å². The van der Waals surface area contributed by atoms with Crippen molar-refractivity contribution in [3.8, 4) is 5.75 Å². The molecule has 0 saturated carbocycles. The Hall–Kier alpha value is -4.25. The number of aliphatic imine (C=N–C) groups is 1. The van der Waals surface area contributed by atoms with Gasteiger partial charge in [-0.25, -0.2) is 9.79 Å². The Morgan fingerprint density at radius 2 is 1.63 bits per heavy atom. The van der Waals surface area contributed by atoms with Crippen LogP contribution >= 0.6 is 8.03 Å². The molecule has 6 rings (SSSR count). The Morgan fingerprint density at radius 1 is 1.00 bits per heavy atom. The minimum absolute atomic E-state index is 0.0131. The number of aromatic nitrogens is 2. The highest BCUT2D eigenvalue weighted by Gasteiger charge is 2.51. The highest BCUT2D eigenvalue weighted by atomic mass is 31.1. The lowest BCUT2D eigenvalue weighted by molar-refractivity contribution is -0.0926. The van der Waals surface area contributed by atoms with Gasteiger partial charge in [0, 0.05) is 38.9 Å². The molecule has 2 aliphatic heterocycles. The minimum atomic E-state index is -2.57. The molecule has 4 aromatic rings. The zero-order valence-corrected chi connectivity index (χ0v) is 29.0. The molecule has 256 valence electrons. The molecule has 0 radical (unpaired) electrons. The summed E-state index contributed by atoms with van der Waals surface area (Å²) >= 11 is 0. The molecule has 1 unspecified atom stereocenters. The average Bonchev–Trinajstić information content (AvgIpc) is 3.68. The number of aryl methyl sites for hydroxylation is 1. The van der Waals surface area contributed by atoms with Crippen LogP contribution in [0.2, 0.25) is 0 Å². The molecule has 2 fully saturated rings. The first-order valence-electron chi connectivity index (χ1n) is 16.3. The van der Waals surface area contributed by atoms with E-state index >= 15 is 0 Å². The second kappa shape index (κ2) is 15.1. The first-order chi connectivity index (χ1) is 23.7. The molecule has 1 aromatic heterocycles. The Balaban J connectivity index is 1.39. The highest BCUT2D eigenvalue weighted by Crippen LogP contribution is 2.44. The van der Waals surface area contributed by atoms with Gasteiger partial charge in [-0.3, -0.25) is 4.57 Å². The van der Waals surface area contributed by atoms with Crippen LogP contribution in [0.3, 0.4) is 0 Å². The molecule has 3 aromatic carbocycles. The molecular formula is C37H42N4O7P+. The van der Waals surface area contributed by atoms with Gasteiger partial charge >= 0.3 is 13.7 Å². The standard InChI is InChI=1S/C37H41N4O7P/c1-25-22-41(36(42)39-34(25)38-32-16-11-21-40(32)2)35-33(46-4)30(24-49(43)44)31(48-35)23-47-37(26-12-7-5-8-13-26,27-14-9-6-10-15-27)28-17-19-29(45-3)20-18-28/h5-10,12-15,17-20,22,30-31,33,35H,11,16,21,23-24H2,1-4H3/p+1/t30-,31-,33-,35-/m1/s1. The predicted molar refractivity (Wildman–Crippen MR) is 187 cm³/mol. The zero-order valence-electron chi connectivity index (χ0n) is 28.1. The summed E-state index contributed by atoms with van der Waals surface area (Å²) < 4.78 is 38.8. The molecule has 2 aliphatic rings. The zero-order chi connectivity index (χ0) is 34.5. The lowest BCUT2D eigenvalue weighted by Gasteiger charge is -2.37. The largest absolute Gasteiger partial charge is 0.505 e. The van der Waals surface area contributed by atoms with Crippen molar-refractivity contribution in [2.75, 3.05) is 40.6 Å². The number of benzene rings is 3. The van der Waals surface area contributed by atoms with Crippen LogP contribution in [0, 0.1) is 12.8 Å². The van der Waals surface area contributed by atoms with E-state index in [1.807, 2.05) is 98.9 Å². The van der Waals surface area contributed by atoms with Crippen molar-refractivity contribution in [3.05, 3.63) is 124 Å². The summed E-state index contributed by atoms with van der Waals surface area (Å²) in [7, 11) is 2.54. The van der Waals surface area contributed by atoms with E-state index < -0.39 is 43.7 Å². The molecule has 1 N–H and O–H groups in total. The first-order valence-corrected chi connectivity index (χ1v) is 17.7. The normalized spacial score (nSPS) is 22.1. The van der Waals surface area contributed by atoms with Crippen molar-refractivity contribution in [1.29, 1.82) is 0 Å². The van der Waals surface area contributed by atoms with Crippen molar-refractivity contribution >= 4 is 19.7 Å². The van der Waals surface area contributed by atoms with Crippen LogP contribution in [0.5, 0.6) is 5.75 Å². The molecule has 0 bridgehead atoms. The molecular weight excluding hydrogens is 643 g/mol. The fraction of sp³-hybridized carbons (Fsp3) is 0.378. The van der Waals surface area contributed by atoms with E-state index in [4.69, 9.17) is 18.9 Å². The Labute approximate surface area is 287 Å². The summed E-state index contributed by atoms with van der Waals surface area (Å²) in [5.74, 6) is 1.38. The summed E-state index contributed by atoms with van der Waals surface area (Å²) in [4.78, 5) is 34.8. The molecule has 49 heavy (non-hydrogen) atoms. The molecule has 2 saturated heterocycles. The van der Waals surface area contributed by atoms with Crippen LogP contribution < -0.4 is 10.4 Å². The lowest BCUT2D eigenvalue weighted by atomic mass is 9.80. The van der Waals surface area contributed by atoms with Crippen LogP contribution in [0.15, 0.2) is 101 Å². The van der Waals surface area contributed by atoms with E-state index in [2.05, 4.69) is 14.9 Å². The van der Waals surface area contributed by atoms with E-state index in [1.54, 1.807) is 13.3 Å². The SMILES string of the molecule is COc1ccc(C(OC[C@H]2O[C@@H](n3cc(C)c(N=C4CCCN4C)nc3=O)[C@H](OC)[C@@H]2C[P+](=O)O)(c2ccccc2)c2ccccc2)cc1. The van der Waals surface area contributed by atoms with Gasteiger partial charge in [0.15, 0.2) is 18.2 Å². The average molecular weight is 686 g/mol. The summed E-state index contributed by atoms with van der Waals surface area (Å²) in [6, 6.07) is 27.5. The maximum atomic E-state index is 13.5. The summed E-state index contributed by atoms with van der Waals surface area (Å²) in [6.45, 7) is 2.77. The molecule has 12 heteroatoms. The number of methoxy groups -OCH3 is 2. The molecule has 3 heterocycles. The molecule has 5 atom stereocenters. The molecule has 0 spiro atoms. The minimum Gasteiger partial charge on any atom is -0.497 e. The smallest absolute Gasteiger partial charge is 0.497 e. The van der Waals surface area contributed by atoms with Crippen LogP contribution in [0.25, 0.3) is 0 Å². The van der Waals surface area contributed by atoms with E-state index in [0.717, 1.165) is 41.9 Å². The Morgan fingerprint density at radius 3 is 2.18 bits per heavy atom. The van der Waals surface area contributed by atoms with Gasteiger partial charge in [-0.2, -0.15) is 9.88 Å². The summed E-state index contributed by atoms with van der Waals surface area (Å²) in [5, 5.41) is 0. The van der Waals surface area contributed by atoms with Gasteiger partial charge in [-0.05, 0) is 46.7 Å². The monoisotopic (exact) mass is 685 g/mol. The van der Waals surface area contributed by atoms with Crippen molar-refractivity contribution in [2.45, 2.75) is 43.8 Å². The first kappa shape index (κ1) is 34.6. The van der Waals surface area contributed by atoms with Crippen LogP contribution in [-0.4, -0.2) is 78.0 Å². The third kappa shape index (κ3) is 7.08. The third-order valence-corrected chi connectivity index (χ3v) is 10.1. The van der Waals surface area contributed by atoms with E-state index in [-0.39, 0.29) is 12.8 Å². The second-order valence-corrected chi connectivity index (χ2v) is 13.5. The predicted octanol–water partition coefficient (Wildman–Crippen LogP) is 5.59. The number of rotatable bonds is 12. The van der Waals surface area contributed by atoms with E-state index in [9.17, 15) is 14.3 Å². The van der Waals surface area contributed by atoms with Crippen molar-refractivity contribution in [3.63, 3.8) is 0 Å². The Kier molecular flexibility index (Phi) is 10.7. The maximum absolute atomic E-state index is 13.5. The quantitative estimate of drug-likeness (QED) is 0.150. The van der Waals surface area contributed by atoms with E-state index in [1.165, 1.54) is 11.7 Å². The van der Waals surface area contributed by atoms with E-state index in [0.29, 0.717) is 17.1 Å². The molecule has 0 amide bonds. The topological polar surface area (TPSA) is 125 Å². The van der Waals surface area contributed by atoms with Gasteiger partial charge in [-0.1, -0.05) is 72.8 Å². The maximum Gasteiger partial charge on any atom is 0.505 e. The van der Waals surface area contributed by atoms with Gasteiger partial charge in [0.25, 0.3) is 0 Å². The number of likely N-dealkylation sites (tertiary alicyclic amines) is 1. The molecule has 11 nitrogen and oxygen atoms in total. The number of hydrogen-bond donors (Lipinski definition) is 1. The number of hydrogen-bond acceptors (Lipinski definition) is 8. The fourth-order valence-electron chi connectivity index (χ4n) is 6.90. The van der Waals surface area contributed by atoms with Gasteiger partial charge < -0.3 is 23.8 Å². The molecule has 0 aliphatic carbocycles. The van der Waals surface area contributed by atoms with Gasteiger partial charge in [-0.15, -0.1) is 0 Å². The lowest BCUT2D eigenvalue weighted by Crippen LogP contribution is -2.38. The number of amidine groups is 1. The van der Waals surface area contributed by atoms with Crippen molar-refractivity contribution < 1.29 is 28.4 Å². The number of nitrogens with zero attached hydrogens (tertiary/aromatic N) is 4. The second-order valence-electron chi connectivity index (χ2n) is 12.4. The van der Waals surface area contributed by atoms with Crippen LogP contribution in [0.1, 0.15) is 41.3 Å². The highest BCUT2D eigenvalue weighted by molar-refractivity contribution is 7.38.